The number of aryl methyl sites for hydroxylation is 1. The van der Waals surface area contributed by atoms with Gasteiger partial charge in [0, 0.05) is 37.9 Å². The maximum Gasteiger partial charge on any atom is 0.227 e. The summed E-state index contributed by atoms with van der Waals surface area (Å²) in [6.07, 6.45) is 7.47. The first-order chi connectivity index (χ1) is 10.2. The van der Waals surface area contributed by atoms with Gasteiger partial charge in [0.25, 0.3) is 0 Å². The lowest BCUT2D eigenvalue weighted by atomic mass is 10.0. The van der Waals surface area contributed by atoms with Crippen molar-refractivity contribution in [2.24, 2.45) is 0 Å². The highest BCUT2D eigenvalue weighted by atomic mass is 15.3. The van der Waals surface area contributed by atoms with Crippen LogP contribution < -0.4 is 9.80 Å². The second-order valence-electron chi connectivity index (χ2n) is 6.19. The van der Waals surface area contributed by atoms with Crippen molar-refractivity contribution in [3.8, 4) is 0 Å². The number of unbranched alkanes of at least 4 members (excludes halogenated alkanes) is 1. The quantitative estimate of drug-likeness (QED) is 0.798. The summed E-state index contributed by atoms with van der Waals surface area (Å²) in [5.41, 5.74) is 1.07. The van der Waals surface area contributed by atoms with Crippen molar-refractivity contribution in [3.05, 3.63) is 11.8 Å². The molecule has 1 aliphatic rings. The predicted molar refractivity (Wildman–Crippen MR) is 90.2 cm³/mol. The molecule has 1 aliphatic heterocycles. The van der Waals surface area contributed by atoms with Crippen LogP contribution >= 0.6 is 0 Å². The number of rotatable bonds is 6. The first-order valence-corrected chi connectivity index (χ1v) is 8.49. The Kier molecular flexibility index (Phi) is 5.83. The largest absolute Gasteiger partial charge is 0.360 e. The van der Waals surface area contributed by atoms with Crippen LogP contribution in [0.1, 0.15) is 58.1 Å². The minimum atomic E-state index is 0.606. The Morgan fingerprint density at radius 3 is 2.81 bits per heavy atom. The fraction of sp³-hybridized carbons (Fsp3) is 0.765. The van der Waals surface area contributed by atoms with Gasteiger partial charge in [-0.05, 0) is 39.0 Å². The fourth-order valence-corrected chi connectivity index (χ4v) is 3.06. The minimum absolute atomic E-state index is 0.606. The Hall–Kier alpha value is -1.32. The topological polar surface area (TPSA) is 32.3 Å². The molecule has 1 fully saturated rings. The van der Waals surface area contributed by atoms with Crippen LogP contribution in [0, 0.1) is 6.92 Å². The molecular weight excluding hydrogens is 260 g/mol. The van der Waals surface area contributed by atoms with E-state index in [2.05, 4.69) is 43.7 Å². The second-order valence-corrected chi connectivity index (χ2v) is 6.19. The molecule has 1 aromatic rings. The van der Waals surface area contributed by atoms with Crippen LogP contribution in [0.25, 0.3) is 0 Å². The maximum absolute atomic E-state index is 4.85. The molecule has 0 amide bonds. The van der Waals surface area contributed by atoms with E-state index in [4.69, 9.17) is 9.97 Å². The Morgan fingerprint density at radius 1 is 1.29 bits per heavy atom. The van der Waals surface area contributed by atoms with E-state index in [1.165, 1.54) is 38.5 Å². The monoisotopic (exact) mass is 290 g/mol. The number of hydrogen-bond acceptors (Lipinski definition) is 4. The van der Waals surface area contributed by atoms with Crippen molar-refractivity contribution in [3.63, 3.8) is 0 Å². The zero-order valence-electron chi connectivity index (χ0n) is 14.1. The maximum atomic E-state index is 4.85. The van der Waals surface area contributed by atoms with Crippen molar-refractivity contribution in [1.82, 2.24) is 9.97 Å². The number of piperidine rings is 1. The van der Waals surface area contributed by atoms with E-state index < -0.39 is 0 Å². The van der Waals surface area contributed by atoms with Gasteiger partial charge in [0.05, 0.1) is 0 Å². The molecule has 4 heteroatoms. The molecule has 0 bridgehead atoms. The first-order valence-electron chi connectivity index (χ1n) is 8.49. The van der Waals surface area contributed by atoms with Crippen molar-refractivity contribution in [2.45, 2.75) is 65.3 Å². The lowest BCUT2D eigenvalue weighted by molar-refractivity contribution is 0.443. The molecule has 0 saturated carbocycles. The predicted octanol–water partition coefficient (Wildman–Crippen LogP) is 3.79. The molecule has 0 aliphatic carbocycles. The van der Waals surface area contributed by atoms with Gasteiger partial charge in [-0.15, -0.1) is 0 Å². The van der Waals surface area contributed by atoms with Gasteiger partial charge in [0.1, 0.15) is 5.82 Å². The number of hydrogen-bond donors (Lipinski definition) is 0. The molecule has 1 unspecified atom stereocenters. The average Bonchev–Trinajstić information content (AvgIpc) is 2.51. The van der Waals surface area contributed by atoms with Gasteiger partial charge >= 0.3 is 0 Å². The zero-order valence-corrected chi connectivity index (χ0v) is 14.1. The highest BCUT2D eigenvalue weighted by Gasteiger charge is 2.23. The van der Waals surface area contributed by atoms with Crippen LogP contribution in [-0.4, -0.2) is 36.1 Å². The zero-order chi connectivity index (χ0) is 15.2. The molecule has 1 atom stereocenters. The molecule has 0 spiro atoms. The van der Waals surface area contributed by atoms with E-state index in [0.717, 1.165) is 30.5 Å². The van der Waals surface area contributed by atoms with Crippen LogP contribution in [0.5, 0.6) is 0 Å². The molecule has 2 heterocycles. The van der Waals surface area contributed by atoms with E-state index in [-0.39, 0.29) is 0 Å². The SMILES string of the molecule is CCCCN(C)c1cc(C)nc(N2CCCCC2CC)n1. The third-order valence-corrected chi connectivity index (χ3v) is 4.42. The van der Waals surface area contributed by atoms with E-state index >= 15 is 0 Å². The Morgan fingerprint density at radius 2 is 2.10 bits per heavy atom. The third-order valence-electron chi connectivity index (χ3n) is 4.42. The van der Waals surface area contributed by atoms with Gasteiger partial charge in [-0.2, -0.15) is 4.98 Å². The molecule has 2 rings (SSSR count). The summed E-state index contributed by atoms with van der Waals surface area (Å²) in [4.78, 5) is 14.2. The molecule has 1 aromatic heterocycles. The lowest BCUT2D eigenvalue weighted by Gasteiger charge is -2.35. The van der Waals surface area contributed by atoms with Gasteiger partial charge in [-0.25, -0.2) is 4.98 Å². The van der Waals surface area contributed by atoms with Crippen LogP contribution in [0.15, 0.2) is 6.07 Å². The second kappa shape index (κ2) is 7.62. The number of aromatic nitrogens is 2. The van der Waals surface area contributed by atoms with E-state index in [9.17, 15) is 0 Å². The van der Waals surface area contributed by atoms with E-state index in [1.54, 1.807) is 0 Å². The minimum Gasteiger partial charge on any atom is -0.360 e. The molecule has 118 valence electrons. The normalized spacial score (nSPS) is 18.9. The van der Waals surface area contributed by atoms with Crippen LogP contribution in [0.2, 0.25) is 0 Å². The van der Waals surface area contributed by atoms with Crippen molar-refractivity contribution < 1.29 is 0 Å². The van der Waals surface area contributed by atoms with E-state index in [1.807, 2.05) is 0 Å². The molecule has 1 saturated heterocycles. The molecule has 0 N–H and O–H groups in total. The summed E-state index contributed by atoms with van der Waals surface area (Å²) in [6, 6.07) is 2.71. The number of nitrogens with zero attached hydrogens (tertiary/aromatic N) is 4. The fourth-order valence-electron chi connectivity index (χ4n) is 3.06. The molecule has 4 nitrogen and oxygen atoms in total. The van der Waals surface area contributed by atoms with Crippen molar-refractivity contribution in [2.75, 3.05) is 29.9 Å². The van der Waals surface area contributed by atoms with Gasteiger partial charge in [-0.3, -0.25) is 0 Å². The van der Waals surface area contributed by atoms with Gasteiger partial charge in [0.15, 0.2) is 0 Å². The molecule has 0 aromatic carbocycles. The summed E-state index contributed by atoms with van der Waals surface area (Å²) in [6.45, 7) is 8.73. The smallest absolute Gasteiger partial charge is 0.227 e. The lowest BCUT2D eigenvalue weighted by Crippen LogP contribution is -2.40. The van der Waals surface area contributed by atoms with Gasteiger partial charge in [0.2, 0.25) is 5.95 Å². The Balaban J connectivity index is 2.21. The summed E-state index contributed by atoms with van der Waals surface area (Å²) in [7, 11) is 2.13. The Bertz CT molecular complexity index is 446. The number of anilines is 2. The standard InChI is InChI=1S/C17H30N4/c1-5-7-11-20(4)16-13-14(3)18-17(19-16)21-12-9-8-10-15(21)6-2/h13,15H,5-12H2,1-4H3. The molecular formula is C17H30N4. The van der Waals surface area contributed by atoms with Crippen molar-refractivity contribution in [1.29, 1.82) is 0 Å². The molecule has 0 radical (unpaired) electrons. The van der Waals surface area contributed by atoms with Gasteiger partial charge < -0.3 is 9.80 Å². The summed E-state index contributed by atoms with van der Waals surface area (Å²) in [5.74, 6) is 1.99. The van der Waals surface area contributed by atoms with E-state index in [0.29, 0.717) is 6.04 Å². The van der Waals surface area contributed by atoms with Crippen LogP contribution in [0.4, 0.5) is 11.8 Å². The average molecular weight is 290 g/mol. The third kappa shape index (κ3) is 4.08. The highest BCUT2D eigenvalue weighted by Crippen LogP contribution is 2.25. The summed E-state index contributed by atoms with van der Waals surface area (Å²) in [5, 5.41) is 0. The first kappa shape index (κ1) is 16.1. The Labute approximate surface area is 129 Å². The van der Waals surface area contributed by atoms with Crippen molar-refractivity contribution >= 4 is 11.8 Å². The molecule has 21 heavy (non-hydrogen) atoms. The van der Waals surface area contributed by atoms with Crippen LogP contribution in [-0.2, 0) is 0 Å². The van der Waals surface area contributed by atoms with Crippen LogP contribution in [0.3, 0.4) is 0 Å². The summed E-state index contributed by atoms with van der Waals surface area (Å²) >= 11 is 0. The van der Waals surface area contributed by atoms with Gasteiger partial charge in [-0.1, -0.05) is 20.3 Å². The highest BCUT2D eigenvalue weighted by molar-refractivity contribution is 5.46. The summed E-state index contributed by atoms with van der Waals surface area (Å²) < 4.78 is 0.